The number of rotatable bonds is 4. The lowest BCUT2D eigenvalue weighted by atomic mass is 10.1. The number of fused-ring (bicyclic) bond motifs is 1. The van der Waals surface area contributed by atoms with E-state index >= 15 is 0 Å². The van der Waals surface area contributed by atoms with E-state index in [1.165, 1.54) is 16.5 Å². The van der Waals surface area contributed by atoms with Crippen molar-refractivity contribution in [2.24, 2.45) is 0 Å². The molecule has 0 aliphatic heterocycles. The zero-order valence-corrected chi connectivity index (χ0v) is 10.9. The molecule has 0 unspecified atom stereocenters. The molecule has 0 saturated carbocycles. The van der Waals surface area contributed by atoms with E-state index in [1.807, 2.05) is 13.1 Å². The molecule has 0 aliphatic carbocycles. The van der Waals surface area contributed by atoms with Crippen LogP contribution in [-0.2, 0) is 13.1 Å². The Bertz CT molecular complexity index is 673. The first-order chi connectivity index (χ1) is 9.38. The van der Waals surface area contributed by atoms with Gasteiger partial charge < -0.3 is 9.88 Å². The van der Waals surface area contributed by atoms with E-state index in [4.69, 9.17) is 0 Å². The van der Waals surface area contributed by atoms with Gasteiger partial charge in [0, 0.05) is 36.0 Å². The van der Waals surface area contributed by atoms with Gasteiger partial charge in [-0.1, -0.05) is 12.1 Å². The van der Waals surface area contributed by atoms with Gasteiger partial charge in [-0.05, 0) is 30.8 Å². The largest absolute Gasteiger partial charge is 0.340 e. The summed E-state index contributed by atoms with van der Waals surface area (Å²) in [7, 11) is 1.97. The van der Waals surface area contributed by atoms with Crippen LogP contribution in [0, 0.1) is 0 Å². The molecule has 2 aromatic heterocycles. The summed E-state index contributed by atoms with van der Waals surface area (Å²) >= 11 is 0. The van der Waals surface area contributed by atoms with E-state index in [-0.39, 0.29) is 0 Å². The lowest BCUT2D eigenvalue weighted by Crippen LogP contribution is -2.05. The third kappa shape index (κ3) is 2.35. The third-order valence-corrected chi connectivity index (χ3v) is 3.20. The Morgan fingerprint density at radius 3 is 2.74 bits per heavy atom. The first kappa shape index (κ1) is 11.9. The van der Waals surface area contributed by atoms with Crippen molar-refractivity contribution in [1.29, 1.82) is 0 Å². The molecule has 19 heavy (non-hydrogen) atoms. The Labute approximate surface area is 112 Å². The van der Waals surface area contributed by atoms with Crippen molar-refractivity contribution in [3.63, 3.8) is 0 Å². The van der Waals surface area contributed by atoms with Crippen LogP contribution >= 0.6 is 0 Å². The van der Waals surface area contributed by atoms with Gasteiger partial charge in [0.1, 0.15) is 5.82 Å². The van der Waals surface area contributed by atoms with Crippen molar-refractivity contribution in [2.75, 3.05) is 7.05 Å². The van der Waals surface area contributed by atoms with E-state index in [9.17, 15) is 0 Å². The van der Waals surface area contributed by atoms with Crippen molar-refractivity contribution in [2.45, 2.75) is 13.1 Å². The van der Waals surface area contributed by atoms with Gasteiger partial charge in [0.2, 0.25) is 0 Å². The van der Waals surface area contributed by atoms with Crippen molar-refractivity contribution in [3.05, 3.63) is 60.3 Å². The number of nitrogens with one attached hydrogen (secondary N) is 1. The second-order valence-electron chi connectivity index (χ2n) is 4.49. The molecule has 96 valence electrons. The van der Waals surface area contributed by atoms with Gasteiger partial charge >= 0.3 is 0 Å². The topological polar surface area (TPSA) is 42.7 Å². The normalized spacial score (nSPS) is 11.0. The minimum atomic E-state index is 0.702. The lowest BCUT2D eigenvalue weighted by molar-refractivity contribution is 0.770. The Hall–Kier alpha value is -2.20. The molecule has 0 fully saturated rings. The molecule has 4 nitrogen and oxygen atoms in total. The maximum Gasteiger partial charge on any atom is 0.147 e. The fourth-order valence-electron chi connectivity index (χ4n) is 2.33. The van der Waals surface area contributed by atoms with Crippen molar-refractivity contribution >= 4 is 10.9 Å². The molecule has 0 atom stereocenters. The second-order valence-corrected chi connectivity index (χ2v) is 4.49. The SMILES string of the molecule is CNCc1cccc2c1ccn2Cc1ncccn1. The molecular formula is C15H16N4. The smallest absolute Gasteiger partial charge is 0.147 e. The Morgan fingerprint density at radius 2 is 1.95 bits per heavy atom. The van der Waals surface area contributed by atoms with E-state index in [0.717, 1.165) is 12.4 Å². The van der Waals surface area contributed by atoms with Gasteiger partial charge in [0.25, 0.3) is 0 Å². The van der Waals surface area contributed by atoms with Crippen LogP contribution in [0.15, 0.2) is 48.9 Å². The van der Waals surface area contributed by atoms with E-state index in [1.54, 1.807) is 12.4 Å². The van der Waals surface area contributed by atoms with Crippen LogP contribution in [0.2, 0.25) is 0 Å². The predicted octanol–water partition coefficient (Wildman–Crippen LogP) is 2.20. The van der Waals surface area contributed by atoms with Crippen molar-refractivity contribution in [3.8, 4) is 0 Å². The highest BCUT2D eigenvalue weighted by Gasteiger charge is 2.06. The molecule has 1 aromatic carbocycles. The van der Waals surface area contributed by atoms with Crippen LogP contribution in [0.3, 0.4) is 0 Å². The summed E-state index contributed by atoms with van der Waals surface area (Å²) in [5, 5.41) is 4.49. The highest BCUT2D eigenvalue weighted by atomic mass is 15.0. The number of aromatic nitrogens is 3. The van der Waals surface area contributed by atoms with Gasteiger partial charge in [-0.2, -0.15) is 0 Å². The number of hydrogen-bond donors (Lipinski definition) is 1. The summed E-state index contributed by atoms with van der Waals surface area (Å²) in [5.41, 5.74) is 2.54. The molecule has 4 heteroatoms. The maximum atomic E-state index is 4.27. The quantitative estimate of drug-likeness (QED) is 0.774. The Balaban J connectivity index is 1.99. The van der Waals surface area contributed by atoms with Crippen molar-refractivity contribution in [1.82, 2.24) is 19.9 Å². The van der Waals surface area contributed by atoms with Crippen molar-refractivity contribution < 1.29 is 0 Å². The molecule has 2 heterocycles. The van der Waals surface area contributed by atoms with Crippen LogP contribution in [-0.4, -0.2) is 21.6 Å². The molecule has 1 N–H and O–H groups in total. The van der Waals surface area contributed by atoms with Crippen LogP contribution in [0.1, 0.15) is 11.4 Å². The van der Waals surface area contributed by atoms with Crippen LogP contribution < -0.4 is 5.32 Å². The summed E-state index contributed by atoms with van der Waals surface area (Å²) in [6.07, 6.45) is 5.65. The van der Waals surface area contributed by atoms with Gasteiger partial charge in [-0.15, -0.1) is 0 Å². The highest BCUT2D eigenvalue weighted by Crippen LogP contribution is 2.20. The average molecular weight is 252 g/mol. The zero-order chi connectivity index (χ0) is 13.1. The molecule has 0 radical (unpaired) electrons. The minimum absolute atomic E-state index is 0.702. The maximum absolute atomic E-state index is 4.27. The molecule has 0 amide bonds. The average Bonchev–Trinajstić information content (AvgIpc) is 2.85. The van der Waals surface area contributed by atoms with E-state index in [0.29, 0.717) is 6.54 Å². The van der Waals surface area contributed by atoms with E-state index in [2.05, 4.69) is 50.3 Å². The highest BCUT2D eigenvalue weighted by molar-refractivity contribution is 5.83. The van der Waals surface area contributed by atoms with E-state index < -0.39 is 0 Å². The molecule has 3 rings (SSSR count). The number of nitrogens with zero attached hydrogens (tertiary/aromatic N) is 3. The second kappa shape index (κ2) is 5.20. The summed E-state index contributed by atoms with van der Waals surface area (Å²) in [6.45, 7) is 1.58. The fourth-order valence-corrected chi connectivity index (χ4v) is 2.33. The zero-order valence-electron chi connectivity index (χ0n) is 10.9. The van der Waals surface area contributed by atoms with Crippen LogP contribution in [0.25, 0.3) is 10.9 Å². The predicted molar refractivity (Wildman–Crippen MR) is 75.8 cm³/mol. The van der Waals surface area contributed by atoms with Gasteiger partial charge in [-0.25, -0.2) is 9.97 Å². The summed E-state index contributed by atoms with van der Waals surface area (Å²) in [4.78, 5) is 8.55. The molecule has 0 bridgehead atoms. The summed E-state index contributed by atoms with van der Waals surface area (Å²) < 4.78 is 2.18. The van der Waals surface area contributed by atoms with Crippen LogP contribution in [0.5, 0.6) is 0 Å². The number of hydrogen-bond acceptors (Lipinski definition) is 3. The van der Waals surface area contributed by atoms with Gasteiger partial charge in [0.05, 0.1) is 6.54 Å². The summed E-state index contributed by atoms with van der Waals surface area (Å²) in [5.74, 6) is 0.832. The van der Waals surface area contributed by atoms with Gasteiger partial charge in [0.15, 0.2) is 0 Å². The molecule has 0 saturated heterocycles. The molecular weight excluding hydrogens is 236 g/mol. The molecule has 0 aliphatic rings. The fraction of sp³-hybridized carbons (Fsp3) is 0.200. The first-order valence-electron chi connectivity index (χ1n) is 6.35. The molecule has 0 spiro atoms. The monoisotopic (exact) mass is 252 g/mol. The summed E-state index contributed by atoms with van der Waals surface area (Å²) in [6, 6.07) is 10.4. The molecule has 3 aromatic rings. The van der Waals surface area contributed by atoms with Gasteiger partial charge in [-0.3, -0.25) is 0 Å². The first-order valence-corrected chi connectivity index (χ1v) is 6.35. The lowest BCUT2D eigenvalue weighted by Gasteiger charge is -2.06. The Kier molecular flexibility index (Phi) is 3.25. The number of benzene rings is 1. The third-order valence-electron chi connectivity index (χ3n) is 3.20. The Morgan fingerprint density at radius 1 is 1.11 bits per heavy atom. The van der Waals surface area contributed by atoms with Crippen LogP contribution in [0.4, 0.5) is 0 Å². The standard InChI is InChI=1S/C15H16N4/c1-16-10-12-4-2-5-14-13(12)6-9-19(14)11-15-17-7-3-8-18-15/h2-9,16H,10-11H2,1H3. The minimum Gasteiger partial charge on any atom is -0.340 e.